The number of para-hydroxylation sites is 1. The number of nitrogens with zero attached hydrogens (tertiary/aromatic N) is 3. The molecule has 26 heavy (non-hydrogen) atoms. The molecule has 0 unspecified atom stereocenters. The van der Waals surface area contributed by atoms with E-state index in [1.807, 2.05) is 37.3 Å². The van der Waals surface area contributed by atoms with Crippen molar-refractivity contribution in [1.29, 1.82) is 0 Å². The number of phenolic OH excluding ortho intramolecular Hbond substituents is 1. The average Bonchev–Trinajstić information content (AvgIpc) is 3.00. The Bertz CT molecular complexity index is 1140. The zero-order valence-corrected chi connectivity index (χ0v) is 13.8. The van der Waals surface area contributed by atoms with Crippen LogP contribution in [0.15, 0.2) is 60.8 Å². The second kappa shape index (κ2) is 6.07. The summed E-state index contributed by atoms with van der Waals surface area (Å²) in [7, 11) is 0. The summed E-state index contributed by atoms with van der Waals surface area (Å²) >= 11 is 0. The second-order valence-electron chi connectivity index (χ2n) is 5.92. The molecule has 0 radical (unpaired) electrons. The van der Waals surface area contributed by atoms with E-state index in [1.54, 1.807) is 10.7 Å². The van der Waals surface area contributed by atoms with Gasteiger partial charge in [0.15, 0.2) is 11.4 Å². The van der Waals surface area contributed by atoms with Crippen molar-refractivity contribution in [2.75, 3.05) is 0 Å². The van der Waals surface area contributed by atoms with Crippen LogP contribution in [0.2, 0.25) is 0 Å². The molecule has 0 bridgehead atoms. The topological polar surface area (TPSA) is 68.0 Å². The Hall–Kier alpha value is -3.54. The molecular weight excluding hydrogens is 333 g/mol. The Morgan fingerprint density at radius 1 is 1.12 bits per heavy atom. The third kappa shape index (κ3) is 2.61. The molecule has 2 aromatic carbocycles. The maximum Gasteiger partial charge on any atom is 0.198 e. The molecule has 0 fully saturated rings. The number of fused-ring (bicyclic) bond motifs is 1. The van der Waals surface area contributed by atoms with Gasteiger partial charge in [0, 0.05) is 17.1 Å². The Morgan fingerprint density at radius 3 is 2.65 bits per heavy atom. The predicted octanol–water partition coefficient (Wildman–Crippen LogP) is 3.80. The number of hydrogen-bond donors (Lipinski definition) is 1. The number of aromatic nitrogens is 3. The minimum Gasteiger partial charge on any atom is -0.507 e. The number of carbonyl (C=O) groups excluding carboxylic acids is 1. The summed E-state index contributed by atoms with van der Waals surface area (Å²) in [4.78, 5) is 17.0. The Balaban J connectivity index is 1.83. The van der Waals surface area contributed by atoms with Crippen molar-refractivity contribution in [3.05, 3.63) is 83.4 Å². The normalized spacial score (nSPS) is 11.0. The maximum atomic E-state index is 13.4. The second-order valence-corrected chi connectivity index (χ2v) is 5.92. The number of hydrogen-bond acceptors (Lipinski definition) is 4. The Labute approximate surface area is 148 Å². The fourth-order valence-electron chi connectivity index (χ4n) is 2.86. The molecule has 0 saturated carbocycles. The summed E-state index contributed by atoms with van der Waals surface area (Å²) < 4.78 is 15.1. The fraction of sp³-hybridized carbons (Fsp3) is 0.0500. The van der Waals surface area contributed by atoms with Crippen LogP contribution in [-0.2, 0) is 0 Å². The largest absolute Gasteiger partial charge is 0.507 e. The van der Waals surface area contributed by atoms with Gasteiger partial charge in [0.2, 0.25) is 0 Å². The van der Waals surface area contributed by atoms with E-state index < -0.39 is 11.6 Å². The molecule has 0 amide bonds. The summed E-state index contributed by atoms with van der Waals surface area (Å²) in [6.45, 7) is 1.83. The lowest BCUT2D eigenvalue weighted by Gasteiger charge is -2.05. The van der Waals surface area contributed by atoms with E-state index in [9.17, 15) is 14.3 Å². The lowest BCUT2D eigenvalue weighted by Crippen LogP contribution is -2.04. The van der Waals surface area contributed by atoms with E-state index in [0.29, 0.717) is 5.65 Å². The minimum absolute atomic E-state index is 0.0979. The number of phenols is 1. The van der Waals surface area contributed by atoms with Crippen molar-refractivity contribution in [2.24, 2.45) is 0 Å². The minimum atomic E-state index is -0.590. The van der Waals surface area contributed by atoms with Crippen LogP contribution in [-0.4, -0.2) is 25.7 Å². The monoisotopic (exact) mass is 347 g/mol. The highest BCUT2D eigenvalue weighted by atomic mass is 19.1. The van der Waals surface area contributed by atoms with Gasteiger partial charge in [-0.15, -0.1) is 0 Å². The summed E-state index contributed by atoms with van der Waals surface area (Å²) in [6.07, 6.45) is 1.41. The number of aromatic hydroxyl groups is 1. The Morgan fingerprint density at radius 2 is 1.88 bits per heavy atom. The molecular formula is C20H14FN3O2. The van der Waals surface area contributed by atoms with E-state index in [1.165, 1.54) is 6.20 Å². The number of benzene rings is 2. The third-order valence-electron chi connectivity index (χ3n) is 4.17. The van der Waals surface area contributed by atoms with E-state index in [-0.39, 0.29) is 16.9 Å². The molecule has 4 rings (SSSR count). The van der Waals surface area contributed by atoms with Crippen molar-refractivity contribution in [3.63, 3.8) is 0 Å². The molecule has 0 aliphatic carbocycles. The van der Waals surface area contributed by atoms with Gasteiger partial charge < -0.3 is 5.11 Å². The highest BCUT2D eigenvalue weighted by molar-refractivity contribution is 6.11. The lowest BCUT2D eigenvalue weighted by molar-refractivity contribution is 0.103. The first-order valence-electron chi connectivity index (χ1n) is 7.98. The van der Waals surface area contributed by atoms with Crippen LogP contribution >= 0.6 is 0 Å². The van der Waals surface area contributed by atoms with Gasteiger partial charge in [0.25, 0.3) is 0 Å². The molecule has 0 saturated heterocycles. The number of ketones is 1. The molecule has 0 atom stereocenters. The summed E-state index contributed by atoms with van der Waals surface area (Å²) in [5, 5.41) is 15.1. The average molecular weight is 347 g/mol. The molecule has 128 valence electrons. The molecule has 4 aromatic rings. The van der Waals surface area contributed by atoms with Crippen LogP contribution in [0, 0.1) is 12.7 Å². The molecule has 0 aliphatic heterocycles. The summed E-state index contributed by atoms with van der Waals surface area (Å²) in [5.74, 6) is -1.36. The molecule has 2 aromatic heterocycles. The van der Waals surface area contributed by atoms with Crippen LogP contribution in [0.4, 0.5) is 4.39 Å². The van der Waals surface area contributed by atoms with Crippen LogP contribution in [0.3, 0.4) is 0 Å². The number of carbonyl (C=O) groups is 1. The van der Waals surface area contributed by atoms with Crippen LogP contribution in [0.1, 0.15) is 21.6 Å². The smallest absolute Gasteiger partial charge is 0.198 e. The van der Waals surface area contributed by atoms with Gasteiger partial charge >= 0.3 is 0 Å². The zero-order valence-electron chi connectivity index (χ0n) is 13.8. The van der Waals surface area contributed by atoms with Crippen molar-refractivity contribution < 1.29 is 14.3 Å². The number of rotatable bonds is 3. The van der Waals surface area contributed by atoms with Crippen LogP contribution < -0.4 is 0 Å². The first kappa shape index (κ1) is 16.0. The van der Waals surface area contributed by atoms with Gasteiger partial charge in [-0.3, -0.25) is 4.79 Å². The molecule has 1 N–H and O–H groups in total. The van der Waals surface area contributed by atoms with Gasteiger partial charge in [0.1, 0.15) is 11.6 Å². The quantitative estimate of drug-likeness (QED) is 0.572. The third-order valence-corrected chi connectivity index (χ3v) is 4.17. The fourth-order valence-corrected chi connectivity index (χ4v) is 2.86. The summed E-state index contributed by atoms with van der Waals surface area (Å²) in [6, 6.07) is 14.5. The standard InChI is InChI=1S/C20H14FN3O2/c1-12-16-9-13(19(26)17-10-14(21)7-8-18(17)25)11-22-20(16)24(23-12)15-5-3-2-4-6-15/h2-11,25H,1H3. The number of pyridine rings is 1. The van der Waals surface area contributed by atoms with E-state index >= 15 is 0 Å². The Kier molecular flexibility index (Phi) is 3.73. The van der Waals surface area contributed by atoms with E-state index in [4.69, 9.17) is 0 Å². The van der Waals surface area contributed by atoms with Crippen LogP contribution in [0.25, 0.3) is 16.7 Å². The first-order valence-corrected chi connectivity index (χ1v) is 7.98. The molecule has 5 nitrogen and oxygen atoms in total. The predicted molar refractivity (Wildman–Crippen MR) is 95.1 cm³/mol. The molecule has 0 spiro atoms. The molecule has 2 heterocycles. The van der Waals surface area contributed by atoms with Gasteiger partial charge in [0.05, 0.1) is 16.9 Å². The molecule has 0 aliphatic rings. The number of aryl methyl sites for hydroxylation is 1. The SMILES string of the molecule is Cc1nn(-c2ccccc2)c2ncc(C(=O)c3cc(F)ccc3O)cc12. The van der Waals surface area contributed by atoms with E-state index in [0.717, 1.165) is 35.0 Å². The maximum absolute atomic E-state index is 13.4. The van der Waals surface area contributed by atoms with Crippen molar-refractivity contribution in [3.8, 4) is 11.4 Å². The van der Waals surface area contributed by atoms with E-state index in [2.05, 4.69) is 10.1 Å². The van der Waals surface area contributed by atoms with Gasteiger partial charge in [-0.2, -0.15) is 5.10 Å². The highest BCUT2D eigenvalue weighted by Crippen LogP contribution is 2.25. The van der Waals surface area contributed by atoms with Crippen molar-refractivity contribution in [2.45, 2.75) is 6.92 Å². The number of halogens is 1. The van der Waals surface area contributed by atoms with Gasteiger partial charge in [-0.1, -0.05) is 18.2 Å². The van der Waals surface area contributed by atoms with Crippen molar-refractivity contribution >= 4 is 16.8 Å². The molecule has 6 heteroatoms. The van der Waals surface area contributed by atoms with Crippen LogP contribution in [0.5, 0.6) is 5.75 Å². The summed E-state index contributed by atoms with van der Waals surface area (Å²) in [5.41, 5.74) is 2.36. The zero-order chi connectivity index (χ0) is 18.3. The van der Waals surface area contributed by atoms with Gasteiger partial charge in [-0.05, 0) is 43.3 Å². The lowest BCUT2D eigenvalue weighted by atomic mass is 10.0. The van der Waals surface area contributed by atoms with Gasteiger partial charge in [-0.25, -0.2) is 14.1 Å². The van der Waals surface area contributed by atoms with Crippen molar-refractivity contribution in [1.82, 2.24) is 14.8 Å². The highest BCUT2D eigenvalue weighted by Gasteiger charge is 2.18. The first-order chi connectivity index (χ1) is 12.5.